The van der Waals surface area contributed by atoms with E-state index >= 15 is 0 Å². The van der Waals surface area contributed by atoms with Crippen LogP contribution in [0.5, 0.6) is 0 Å². The van der Waals surface area contributed by atoms with Gasteiger partial charge in [-0.1, -0.05) is 0 Å². The van der Waals surface area contributed by atoms with Crippen LogP contribution in [-0.2, 0) is 0 Å². The Morgan fingerprint density at radius 2 is 0.692 bits per heavy atom. The minimum absolute atomic E-state index is 0. The van der Waals surface area contributed by atoms with Gasteiger partial charge in [0.2, 0.25) is 0 Å². The zero-order chi connectivity index (χ0) is 10.7. The summed E-state index contributed by atoms with van der Waals surface area (Å²) in [6.45, 7) is 0. The van der Waals surface area contributed by atoms with Gasteiger partial charge in [0.15, 0.2) is 0 Å². The van der Waals surface area contributed by atoms with Gasteiger partial charge >= 0.3 is 32.5 Å². The Morgan fingerprint density at radius 1 is 0.692 bits per heavy atom. The summed E-state index contributed by atoms with van der Waals surface area (Å²) in [6, 6.07) is 0. The molecular weight excluding hydrogens is 356 g/mol. The van der Waals surface area contributed by atoms with Crippen LogP contribution in [0.2, 0.25) is 0 Å². The standard InChI is InChI=1S/H3O3P.H2O3P.O3P.Sn/c3*1-4(2)3;/h1-3H;1-2H;;/q;-1;-3;+4. The van der Waals surface area contributed by atoms with Crippen molar-refractivity contribution in [3.8, 4) is 0 Å². The minimum atomic E-state index is -3.37. The Bertz CT molecular complexity index is 43.4. The van der Waals surface area contributed by atoms with Crippen molar-refractivity contribution in [3.63, 3.8) is 0 Å². The first kappa shape index (κ1) is 24.1. The Labute approximate surface area is 93.9 Å². The van der Waals surface area contributed by atoms with Gasteiger partial charge in [-0.25, -0.2) is 0 Å². The first-order valence-corrected chi connectivity index (χ1v) is 5.19. The van der Waals surface area contributed by atoms with E-state index in [-0.39, 0.29) is 23.9 Å². The molecule has 0 atom stereocenters. The summed E-state index contributed by atoms with van der Waals surface area (Å²) in [5.74, 6) is 0. The normalized spacial score (nSPS) is 8.31. The van der Waals surface area contributed by atoms with Gasteiger partial charge in [0.1, 0.15) is 0 Å². The van der Waals surface area contributed by atoms with Gasteiger partial charge in [-0.15, -0.1) is 0 Å². The van der Waals surface area contributed by atoms with Crippen LogP contribution < -0.4 is 19.6 Å². The van der Waals surface area contributed by atoms with Crippen molar-refractivity contribution in [2.45, 2.75) is 0 Å². The molecule has 0 heterocycles. The van der Waals surface area contributed by atoms with E-state index in [2.05, 4.69) is 0 Å². The molecule has 0 aromatic carbocycles. The van der Waals surface area contributed by atoms with Gasteiger partial charge in [0.05, 0.1) is 8.60 Å². The molecule has 13 heavy (non-hydrogen) atoms. The molecule has 0 saturated carbocycles. The van der Waals surface area contributed by atoms with Crippen LogP contribution in [0.15, 0.2) is 0 Å². The van der Waals surface area contributed by atoms with Crippen LogP contribution in [0.3, 0.4) is 0 Å². The van der Waals surface area contributed by atoms with Crippen molar-refractivity contribution in [2.24, 2.45) is 0 Å². The second-order valence-electron chi connectivity index (χ2n) is 0.745. The smallest absolute Gasteiger partial charge is 0.854 e. The Balaban J connectivity index is -0.0000000450. The van der Waals surface area contributed by atoms with E-state index < -0.39 is 25.8 Å². The number of hydrogen-bond donors (Lipinski definition) is 5. The topological polar surface area (TPSA) is 193 Å². The van der Waals surface area contributed by atoms with E-state index in [9.17, 15) is 0 Å². The molecule has 78 valence electrons. The van der Waals surface area contributed by atoms with Crippen molar-refractivity contribution in [1.82, 2.24) is 0 Å². The SMILES string of the molecule is OP(O)O.[O-]P(O)O.[O-]P([O-])[O-].[Sn+4]. The number of rotatable bonds is 0. The average Bonchev–Trinajstić information content (AvgIpc) is 1.54. The van der Waals surface area contributed by atoms with E-state index in [0.717, 1.165) is 0 Å². The van der Waals surface area contributed by atoms with Crippen LogP contribution in [-0.4, -0.2) is 48.4 Å². The fourth-order valence-corrected chi connectivity index (χ4v) is 0. The molecule has 5 N–H and O–H groups in total. The third kappa shape index (κ3) is 632. The molecule has 0 fully saturated rings. The first-order valence-electron chi connectivity index (χ1n) is 1.73. The molecule has 0 spiro atoms. The van der Waals surface area contributed by atoms with Crippen LogP contribution >= 0.6 is 25.8 Å². The van der Waals surface area contributed by atoms with E-state index in [1.165, 1.54) is 0 Å². The van der Waals surface area contributed by atoms with Crippen molar-refractivity contribution in [2.75, 3.05) is 0 Å². The molecule has 13 heteroatoms. The van der Waals surface area contributed by atoms with E-state index in [1.54, 1.807) is 0 Å². The maximum atomic E-state index is 8.70. The summed E-state index contributed by atoms with van der Waals surface area (Å²) in [6.07, 6.45) is 0. The third-order valence-corrected chi connectivity index (χ3v) is 0. The Hall–Kier alpha value is 1.73. The van der Waals surface area contributed by atoms with Crippen molar-refractivity contribution < 1.29 is 44.0 Å². The molecule has 0 rings (SSSR count). The van der Waals surface area contributed by atoms with Gasteiger partial charge in [-0.2, -0.15) is 0 Å². The van der Waals surface area contributed by atoms with Crippen molar-refractivity contribution in [1.29, 1.82) is 0 Å². The van der Waals surface area contributed by atoms with Crippen molar-refractivity contribution >= 4 is 49.7 Å². The van der Waals surface area contributed by atoms with Crippen LogP contribution in [0.25, 0.3) is 0 Å². The predicted octanol–water partition coefficient (Wildman–Crippen LogP) is -5.34. The molecule has 0 aliphatic rings. The van der Waals surface area contributed by atoms with E-state index in [1.807, 2.05) is 0 Å². The maximum Gasteiger partial charge on any atom is 4.00 e. The molecule has 0 radical (unpaired) electrons. The quantitative estimate of drug-likeness (QED) is 0.207. The van der Waals surface area contributed by atoms with Gasteiger partial charge in [0.25, 0.3) is 0 Å². The van der Waals surface area contributed by atoms with Crippen molar-refractivity contribution in [3.05, 3.63) is 0 Å². The summed E-state index contributed by atoms with van der Waals surface area (Å²) in [5.41, 5.74) is 0. The molecule has 9 nitrogen and oxygen atoms in total. The third-order valence-electron chi connectivity index (χ3n) is 0. The summed E-state index contributed by atoms with van der Waals surface area (Å²) in [4.78, 5) is 70.1. The first-order chi connectivity index (χ1) is 5.20. The summed E-state index contributed by atoms with van der Waals surface area (Å²) in [5, 5.41) is 0. The summed E-state index contributed by atoms with van der Waals surface area (Å²) >= 11 is 0. The van der Waals surface area contributed by atoms with Crippen LogP contribution in [0, 0.1) is 0 Å². The fraction of sp³-hybridized carbons (Fsp3) is 0. The summed E-state index contributed by atoms with van der Waals surface area (Å²) < 4.78 is 0. The Morgan fingerprint density at radius 3 is 0.692 bits per heavy atom. The predicted molar refractivity (Wildman–Crippen MR) is 37.6 cm³/mol. The molecule has 0 saturated heterocycles. The van der Waals surface area contributed by atoms with Gasteiger partial charge < -0.3 is 52.6 Å². The molecule has 0 aliphatic heterocycles. The Kier molecular flexibility index (Phi) is 35.8. The number of hydrogen-bond acceptors (Lipinski definition) is 9. The second kappa shape index (κ2) is 19.3. The zero-order valence-electron chi connectivity index (χ0n) is 5.71. The van der Waals surface area contributed by atoms with Crippen LogP contribution in [0.4, 0.5) is 0 Å². The van der Waals surface area contributed by atoms with Gasteiger partial charge in [-0.05, 0) is 0 Å². The molecule has 0 aromatic heterocycles. The second-order valence-corrected chi connectivity index (χ2v) is 2.23. The molecule has 0 bridgehead atoms. The fourth-order valence-electron chi connectivity index (χ4n) is 0. The minimum Gasteiger partial charge on any atom is -0.854 e. The summed E-state index contributed by atoms with van der Waals surface area (Å²) in [7, 11) is -8.86. The van der Waals surface area contributed by atoms with Gasteiger partial charge in [-0.3, -0.25) is 0 Å². The molecule has 0 amide bonds. The molecule has 0 aliphatic carbocycles. The maximum absolute atomic E-state index is 8.70. The zero-order valence-corrected chi connectivity index (χ0v) is 11.2. The largest absolute Gasteiger partial charge is 4.00 e. The average molecular weight is 361 g/mol. The monoisotopic (exact) mass is 362 g/mol. The molecular formula is H5O9P3Sn. The van der Waals surface area contributed by atoms with Crippen LogP contribution in [0.1, 0.15) is 0 Å². The van der Waals surface area contributed by atoms with E-state index in [4.69, 9.17) is 44.0 Å². The van der Waals surface area contributed by atoms with E-state index in [0.29, 0.717) is 0 Å². The molecule has 0 unspecified atom stereocenters. The van der Waals surface area contributed by atoms with Gasteiger partial charge in [0, 0.05) is 0 Å². The molecule has 0 aromatic rings.